The highest BCUT2D eigenvalue weighted by atomic mass is 32.2. The van der Waals surface area contributed by atoms with Gasteiger partial charge in [-0.05, 0) is 13.3 Å². The number of aromatic nitrogens is 4. The zero-order chi connectivity index (χ0) is 15.6. The fourth-order valence-corrected chi connectivity index (χ4v) is 2.95. The summed E-state index contributed by atoms with van der Waals surface area (Å²) < 4.78 is 28.9. The highest BCUT2D eigenvalue weighted by Gasteiger charge is 2.22. The maximum atomic E-state index is 12.1. The minimum absolute atomic E-state index is 0.231. The van der Waals surface area contributed by atoms with Crippen molar-refractivity contribution in [1.82, 2.24) is 19.6 Å². The molecular formula is C13H21N5O2S. The van der Waals surface area contributed by atoms with Crippen LogP contribution in [0.3, 0.4) is 0 Å². The van der Waals surface area contributed by atoms with Crippen LogP contribution in [0.1, 0.15) is 24.6 Å². The molecule has 0 radical (unpaired) electrons. The van der Waals surface area contributed by atoms with Gasteiger partial charge < -0.3 is 0 Å². The molecule has 0 aliphatic heterocycles. The summed E-state index contributed by atoms with van der Waals surface area (Å²) in [6.45, 7) is 4.99. The standard InChI is InChI=1S/C13H21N5O2S/c1-5-6-17-11(2)7-13(15-17)18(21(4,19)20)10-12-8-14-16(3)9-12/h7-9H,5-6,10H2,1-4H3. The van der Waals surface area contributed by atoms with Gasteiger partial charge in [0, 0.05) is 37.1 Å². The van der Waals surface area contributed by atoms with Crippen LogP contribution < -0.4 is 4.31 Å². The van der Waals surface area contributed by atoms with E-state index in [2.05, 4.69) is 17.1 Å². The van der Waals surface area contributed by atoms with Gasteiger partial charge in [0.25, 0.3) is 0 Å². The Balaban J connectivity index is 2.34. The van der Waals surface area contributed by atoms with E-state index in [0.29, 0.717) is 5.82 Å². The van der Waals surface area contributed by atoms with Gasteiger partial charge in [0.15, 0.2) is 5.82 Å². The van der Waals surface area contributed by atoms with Crippen molar-refractivity contribution >= 4 is 15.8 Å². The van der Waals surface area contributed by atoms with Crippen molar-refractivity contribution in [2.24, 2.45) is 7.05 Å². The summed E-state index contributed by atoms with van der Waals surface area (Å²) in [5, 5.41) is 8.47. The van der Waals surface area contributed by atoms with Crippen LogP contribution in [0.2, 0.25) is 0 Å². The van der Waals surface area contributed by atoms with Gasteiger partial charge in [-0.15, -0.1) is 0 Å². The molecule has 7 nitrogen and oxygen atoms in total. The fraction of sp³-hybridized carbons (Fsp3) is 0.538. The number of anilines is 1. The molecule has 2 rings (SSSR count). The molecule has 0 N–H and O–H groups in total. The lowest BCUT2D eigenvalue weighted by atomic mass is 10.3. The van der Waals surface area contributed by atoms with E-state index in [1.54, 1.807) is 30.2 Å². The molecule has 0 saturated heterocycles. The molecule has 116 valence electrons. The minimum atomic E-state index is -3.40. The lowest BCUT2D eigenvalue weighted by molar-refractivity contribution is 0.581. The predicted octanol–water partition coefficient (Wildman–Crippen LogP) is 1.30. The lowest BCUT2D eigenvalue weighted by Crippen LogP contribution is -2.29. The Hall–Kier alpha value is -1.83. The molecule has 8 heteroatoms. The van der Waals surface area contributed by atoms with E-state index in [1.165, 1.54) is 10.6 Å². The summed E-state index contributed by atoms with van der Waals surface area (Å²) in [6, 6.07) is 1.80. The zero-order valence-corrected chi connectivity index (χ0v) is 13.6. The van der Waals surface area contributed by atoms with Gasteiger partial charge in [0.2, 0.25) is 10.0 Å². The average molecular weight is 311 g/mol. The number of rotatable bonds is 6. The third kappa shape index (κ3) is 3.63. The number of aryl methyl sites for hydroxylation is 3. The van der Waals surface area contributed by atoms with Crippen molar-refractivity contribution in [3.8, 4) is 0 Å². The second-order valence-electron chi connectivity index (χ2n) is 5.16. The summed E-state index contributed by atoms with van der Waals surface area (Å²) in [5.41, 5.74) is 1.78. The van der Waals surface area contributed by atoms with Gasteiger partial charge >= 0.3 is 0 Å². The first-order valence-corrected chi connectivity index (χ1v) is 8.65. The van der Waals surface area contributed by atoms with Crippen molar-refractivity contribution in [2.75, 3.05) is 10.6 Å². The Bertz CT molecular complexity index is 717. The van der Waals surface area contributed by atoms with Gasteiger partial charge in [-0.25, -0.2) is 12.7 Å². The molecule has 0 aliphatic carbocycles. The summed E-state index contributed by atoms with van der Waals surface area (Å²) in [7, 11) is -1.60. The summed E-state index contributed by atoms with van der Waals surface area (Å²) in [6.07, 6.45) is 5.60. The lowest BCUT2D eigenvalue weighted by Gasteiger charge is -2.18. The van der Waals surface area contributed by atoms with Crippen molar-refractivity contribution in [2.45, 2.75) is 33.4 Å². The van der Waals surface area contributed by atoms with Crippen LogP contribution in [0.5, 0.6) is 0 Å². The highest BCUT2D eigenvalue weighted by Crippen LogP contribution is 2.20. The van der Waals surface area contributed by atoms with Gasteiger partial charge in [0.1, 0.15) is 0 Å². The monoisotopic (exact) mass is 311 g/mol. The highest BCUT2D eigenvalue weighted by molar-refractivity contribution is 7.92. The van der Waals surface area contributed by atoms with Gasteiger partial charge in [0.05, 0.1) is 19.0 Å². The Morgan fingerprint density at radius 3 is 2.62 bits per heavy atom. The topological polar surface area (TPSA) is 73.0 Å². The van der Waals surface area contributed by atoms with Crippen LogP contribution in [-0.2, 0) is 30.2 Å². The molecule has 21 heavy (non-hydrogen) atoms. The Morgan fingerprint density at radius 2 is 2.10 bits per heavy atom. The van der Waals surface area contributed by atoms with Crippen molar-refractivity contribution in [3.63, 3.8) is 0 Å². The molecule has 0 fully saturated rings. The zero-order valence-electron chi connectivity index (χ0n) is 12.8. The SMILES string of the molecule is CCCn1nc(N(Cc2cnn(C)c2)S(C)(=O)=O)cc1C. The Labute approximate surface area is 125 Å². The number of sulfonamides is 1. The van der Waals surface area contributed by atoms with E-state index in [9.17, 15) is 8.42 Å². The predicted molar refractivity (Wildman–Crippen MR) is 81.5 cm³/mol. The molecule has 0 amide bonds. The van der Waals surface area contributed by atoms with Crippen molar-refractivity contribution < 1.29 is 8.42 Å². The van der Waals surface area contributed by atoms with Gasteiger partial charge in [-0.1, -0.05) is 6.92 Å². The van der Waals surface area contributed by atoms with Crippen molar-refractivity contribution in [1.29, 1.82) is 0 Å². The van der Waals surface area contributed by atoms with Crippen molar-refractivity contribution in [3.05, 3.63) is 29.7 Å². The van der Waals surface area contributed by atoms with E-state index in [4.69, 9.17) is 0 Å². The van der Waals surface area contributed by atoms with Gasteiger partial charge in [-0.2, -0.15) is 10.2 Å². The molecule has 0 unspecified atom stereocenters. The molecule has 0 saturated carbocycles. The van der Waals surface area contributed by atoms with E-state index in [-0.39, 0.29) is 6.54 Å². The number of hydrogen-bond acceptors (Lipinski definition) is 4. The molecule has 0 aliphatic rings. The summed E-state index contributed by atoms with van der Waals surface area (Å²) >= 11 is 0. The van der Waals surface area contributed by atoms with Gasteiger partial charge in [-0.3, -0.25) is 9.36 Å². The molecule has 2 aromatic rings. The largest absolute Gasteiger partial charge is 0.275 e. The van der Waals surface area contributed by atoms with E-state index < -0.39 is 10.0 Å². The van der Waals surface area contributed by atoms with E-state index in [1.807, 2.05) is 11.6 Å². The molecule has 0 atom stereocenters. The molecule has 2 aromatic heterocycles. The van der Waals surface area contributed by atoms with Crippen LogP contribution in [0.25, 0.3) is 0 Å². The summed E-state index contributed by atoms with van der Waals surface area (Å²) in [4.78, 5) is 0. The second kappa shape index (κ2) is 5.88. The first-order chi connectivity index (χ1) is 9.81. The maximum Gasteiger partial charge on any atom is 0.233 e. The molecular weight excluding hydrogens is 290 g/mol. The van der Waals surface area contributed by atoms with Crippen LogP contribution in [0.4, 0.5) is 5.82 Å². The fourth-order valence-electron chi connectivity index (χ4n) is 2.14. The Kier molecular flexibility index (Phi) is 4.36. The van der Waals surface area contributed by atoms with Crippen LogP contribution in [0, 0.1) is 6.92 Å². The van der Waals surface area contributed by atoms with Crippen LogP contribution in [-0.4, -0.2) is 34.2 Å². The third-order valence-electron chi connectivity index (χ3n) is 3.14. The summed E-state index contributed by atoms with van der Waals surface area (Å²) in [5.74, 6) is 0.451. The molecule has 0 bridgehead atoms. The third-order valence-corrected chi connectivity index (χ3v) is 4.26. The smallest absolute Gasteiger partial charge is 0.233 e. The minimum Gasteiger partial charge on any atom is -0.275 e. The Morgan fingerprint density at radius 1 is 1.38 bits per heavy atom. The molecule has 2 heterocycles. The average Bonchev–Trinajstić information content (AvgIpc) is 2.93. The number of nitrogens with zero attached hydrogens (tertiary/aromatic N) is 5. The maximum absolute atomic E-state index is 12.1. The normalized spacial score (nSPS) is 11.8. The first kappa shape index (κ1) is 15.6. The first-order valence-electron chi connectivity index (χ1n) is 6.81. The molecule has 0 spiro atoms. The van der Waals surface area contributed by atoms with Crippen LogP contribution in [0.15, 0.2) is 18.5 Å². The van der Waals surface area contributed by atoms with E-state index >= 15 is 0 Å². The van der Waals surface area contributed by atoms with Crippen LogP contribution >= 0.6 is 0 Å². The molecule has 0 aromatic carbocycles. The quantitative estimate of drug-likeness (QED) is 0.806. The second-order valence-corrected chi connectivity index (χ2v) is 7.07. The van der Waals surface area contributed by atoms with E-state index in [0.717, 1.165) is 24.2 Å². The number of hydrogen-bond donors (Lipinski definition) is 0.